The molecule has 118 valence electrons. The Morgan fingerprint density at radius 2 is 1.77 bits per heavy atom. The number of aryl methyl sites for hydroxylation is 1. The van der Waals surface area contributed by atoms with Crippen molar-refractivity contribution in [3.8, 4) is 0 Å². The maximum atomic E-state index is 12.4. The van der Waals surface area contributed by atoms with Crippen LogP contribution in [0.1, 0.15) is 27.3 Å². The first-order valence-electron chi connectivity index (χ1n) is 6.85. The Hall–Kier alpha value is -2.24. The molecule has 0 unspecified atom stereocenters. The Morgan fingerprint density at radius 3 is 2.27 bits per heavy atom. The molecule has 0 fully saturated rings. The fraction of sp³-hybridized carbons (Fsp3) is 0.312. The van der Waals surface area contributed by atoms with Crippen LogP contribution in [0.15, 0.2) is 36.4 Å². The van der Waals surface area contributed by atoms with Crippen LogP contribution >= 0.6 is 0 Å². The number of rotatable bonds is 4. The van der Waals surface area contributed by atoms with Crippen LogP contribution in [-0.2, 0) is 19.6 Å². The molecule has 3 nitrogen and oxygen atoms in total. The summed E-state index contributed by atoms with van der Waals surface area (Å²) >= 11 is 0. The minimum absolute atomic E-state index is 0.192. The normalized spacial score (nSPS) is 11.5. The molecule has 1 aromatic heterocycles. The number of hydrogen-bond donors (Lipinski definition) is 1. The molecule has 1 N–H and O–H groups in total. The Balaban J connectivity index is 1.89. The highest BCUT2D eigenvalue weighted by Crippen LogP contribution is 2.29. The molecule has 0 saturated carbocycles. The minimum Gasteiger partial charge on any atom is -0.350 e. The average Bonchev–Trinajstić information content (AvgIpc) is 2.78. The van der Waals surface area contributed by atoms with Crippen molar-refractivity contribution in [2.75, 3.05) is 6.54 Å². The van der Waals surface area contributed by atoms with Gasteiger partial charge in [-0.2, -0.15) is 13.2 Å². The average molecular weight is 310 g/mol. The van der Waals surface area contributed by atoms with Crippen molar-refractivity contribution in [3.63, 3.8) is 0 Å². The molecule has 0 aliphatic rings. The molecule has 1 heterocycles. The highest BCUT2D eigenvalue weighted by atomic mass is 19.4. The number of amides is 1. The zero-order valence-corrected chi connectivity index (χ0v) is 12.4. The molecule has 0 aliphatic carbocycles. The standard InChI is InChI=1S/C16H17F3N2O/c1-11-3-8-14(21(11)2)15(22)20-10-9-12-4-6-13(7-5-12)16(17,18)19/h3-8H,9-10H2,1-2H3,(H,20,22). The third kappa shape index (κ3) is 3.69. The maximum absolute atomic E-state index is 12.4. The van der Waals surface area contributed by atoms with Gasteiger partial charge in [-0.25, -0.2) is 0 Å². The number of aromatic nitrogens is 1. The second-order valence-electron chi connectivity index (χ2n) is 5.12. The van der Waals surface area contributed by atoms with Gasteiger partial charge >= 0.3 is 6.18 Å². The number of alkyl halides is 3. The first kappa shape index (κ1) is 16.1. The molecule has 6 heteroatoms. The van der Waals surface area contributed by atoms with Crippen molar-refractivity contribution in [3.05, 3.63) is 58.9 Å². The molecule has 0 spiro atoms. The zero-order valence-electron chi connectivity index (χ0n) is 12.4. The van der Waals surface area contributed by atoms with Gasteiger partial charge in [0.25, 0.3) is 5.91 Å². The highest BCUT2D eigenvalue weighted by Gasteiger charge is 2.29. The molecule has 22 heavy (non-hydrogen) atoms. The van der Waals surface area contributed by atoms with Gasteiger partial charge in [0, 0.05) is 19.3 Å². The van der Waals surface area contributed by atoms with Crippen molar-refractivity contribution in [1.82, 2.24) is 9.88 Å². The van der Waals surface area contributed by atoms with E-state index in [0.717, 1.165) is 23.4 Å². The molecule has 0 bridgehead atoms. The van der Waals surface area contributed by atoms with Crippen molar-refractivity contribution < 1.29 is 18.0 Å². The third-order valence-corrected chi connectivity index (χ3v) is 3.59. The second-order valence-corrected chi connectivity index (χ2v) is 5.12. The van der Waals surface area contributed by atoms with Gasteiger partial charge in [-0.15, -0.1) is 0 Å². The molecular weight excluding hydrogens is 293 g/mol. The van der Waals surface area contributed by atoms with E-state index in [9.17, 15) is 18.0 Å². The lowest BCUT2D eigenvalue weighted by atomic mass is 10.1. The van der Waals surface area contributed by atoms with E-state index < -0.39 is 11.7 Å². The SMILES string of the molecule is Cc1ccc(C(=O)NCCc2ccc(C(F)(F)F)cc2)n1C. The Kier molecular flexibility index (Phi) is 4.59. The van der Waals surface area contributed by atoms with Crippen molar-refractivity contribution >= 4 is 5.91 Å². The summed E-state index contributed by atoms with van der Waals surface area (Å²) in [6.45, 7) is 2.27. The van der Waals surface area contributed by atoms with Gasteiger partial charge in [0.1, 0.15) is 5.69 Å². The predicted octanol–water partition coefficient (Wildman–Crippen LogP) is 3.32. The van der Waals surface area contributed by atoms with E-state index in [4.69, 9.17) is 0 Å². The summed E-state index contributed by atoms with van der Waals surface area (Å²) < 4.78 is 39.1. The smallest absolute Gasteiger partial charge is 0.350 e. The molecular formula is C16H17F3N2O. The second kappa shape index (κ2) is 6.25. The molecule has 2 aromatic rings. The summed E-state index contributed by atoms with van der Waals surface area (Å²) in [6, 6.07) is 8.56. The Morgan fingerprint density at radius 1 is 1.14 bits per heavy atom. The van der Waals surface area contributed by atoms with E-state index >= 15 is 0 Å². The van der Waals surface area contributed by atoms with Crippen molar-refractivity contribution in [2.45, 2.75) is 19.5 Å². The minimum atomic E-state index is -4.32. The van der Waals surface area contributed by atoms with Gasteiger partial charge in [0.2, 0.25) is 0 Å². The third-order valence-electron chi connectivity index (χ3n) is 3.59. The van der Waals surface area contributed by atoms with Crippen LogP contribution < -0.4 is 5.32 Å². The summed E-state index contributed by atoms with van der Waals surface area (Å²) in [5.41, 5.74) is 1.62. The van der Waals surface area contributed by atoms with E-state index in [1.807, 2.05) is 13.0 Å². The van der Waals surface area contributed by atoms with Crippen LogP contribution in [0, 0.1) is 6.92 Å². The number of carbonyl (C=O) groups is 1. The van der Waals surface area contributed by atoms with Crippen molar-refractivity contribution in [2.24, 2.45) is 7.05 Å². The monoisotopic (exact) mass is 310 g/mol. The van der Waals surface area contributed by atoms with E-state index in [1.54, 1.807) is 17.7 Å². The van der Waals surface area contributed by atoms with E-state index in [-0.39, 0.29) is 5.91 Å². The van der Waals surface area contributed by atoms with E-state index in [0.29, 0.717) is 18.7 Å². The van der Waals surface area contributed by atoms with Crippen LogP contribution in [0.4, 0.5) is 13.2 Å². The van der Waals surface area contributed by atoms with Gasteiger partial charge in [0.05, 0.1) is 5.56 Å². The summed E-state index contributed by atoms with van der Waals surface area (Å²) in [5.74, 6) is -0.192. The van der Waals surface area contributed by atoms with Crippen LogP contribution in [0.2, 0.25) is 0 Å². The zero-order chi connectivity index (χ0) is 16.3. The quantitative estimate of drug-likeness (QED) is 0.923. The van der Waals surface area contributed by atoms with Crippen LogP contribution in [0.25, 0.3) is 0 Å². The number of carbonyl (C=O) groups excluding carboxylic acids is 1. The fourth-order valence-corrected chi connectivity index (χ4v) is 2.11. The van der Waals surface area contributed by atoms with Crippen LogP contribution in [0.5, 0.6) is 0 Å². The number of halogens is 3. The summed E-state index contributed by atoms with van der Waals surface area (Å²) in [4.78, 5) is 12.0. The number of nitrogens with one attached hydrogen (secondary N) is 1. The molecule has 1 aromatic carbocycles. The summed E-state index contributed by atoms with van der Waals surface area (Å²) in [5, 5.41) is 2.76. The topological polar surface area (TPSA) is 34.0 Å². The lowest BCUT2D eigenvalue weighted by Crippen LogP contribution is -2.27. The lowest BCUT2D eigenvalue weighted by molar-refractivity contribution is -0.137. The highest BCUT2D eigenvalue weighted by molar-refractivity contribution is 5.92. The molecule has 1 amide bonds. The van der Waals surface area contributed by atoms with Gasteiger partial charge in [0.15, 0.2) is 0 Å². The molecule has 0 aliphatic heterocycles. The van der Waals surface area contributed by atoms with Crippen molar-refractivity contribution in [1.29, 1.82) is 0 Å². The largest absolute Gasteiger partial charge is 0.416 e. The van der Waals surface area contributed by atoms with Crippen LogP contribution in [0.3, 0.4) is 0 Å². The summed E-state index contributed by atoms with van der Waals surface area (Å²) in [7, 11) is 1.81. The van der Waals surface area contributed by atoms with Crippen LogP contribution in [-0.4, -0.2) is 17.0 Å². The van der Waals surface area contributed by atoms with E-state index in [2.05, 4.69) is 5.32 Å². The Labute approximate surface area is 126 Å². The molecule has 0 atom stereocenters. The number of hydrogen-bond acceptors (Lipinski definition) is 1. The lowest BCUT2D eigenvalue weighted by Gasteiger charge is -2.09. The predicted molar refractivity (Wildman–Crippen MR) is 77.6 cm³/mol. The molecule has 2 rings (SSSR count). The number of nitrogens with zero attached hydrogens (tertiary/aromatic N) is 1. The number of benzene rings is 1. The molecule has 0 radical (unpaired) electrons. The Bertz CT molecular complexity index is 657. The maximum Gasteiger partial charge on any atom is 0.416 e. The van der Waals surface area contributed by atoms with Gasteiger partial charge < -0.3 is 9.88 Å². The first-order chi connectivity index (χ1) is 10.3. The molecule has 0 saturated heterocycles. The van der Waals surface area contributed by atoms with Gasteiger partial charge in [-0.05, 0) is 43.2 Å². The summed E-state index contributed by atoms with van der Waals surface area (Å²) in [6.07, 6.45) is -3.84. The van der Waals surface area contributed by atoms with E-state index in [1.165, 1.54) is 12.1 Å². The first-order valence-corrected chi connectivity index (χ1v) is 6.85. The fourth-order valence-electron chi connectivity index (χ4n) is 2.11. The van der Waals surface area contributed by atoms with Gasteiger partial charge in [-0.1, -0.05) is 12.1 Å². The van der Waals surface area contributed by atoms with Gasteiger partial charge in [-0.3, -0.25) is 4.79 Å².